The zero-order valence-corrected chi connectivity index (χ0v) is 21.4. The van der Waals surface area contributed by atoms with Crippen molar-refractivity contribution in [3.05, 3.63) is 69.7 Å². The van der Waals surface area contributed by atoms with Gasteiger partial charge in [0.1, 0.15) is 11.5 Å². The molecule has 7 rings (SSSR count). The summed E-state index contributed by atoms with van der Waals surface area (Å²) in [6, 6.07) is 6.48. The summed E-state index contributed by atoms with van der Waals surface area (Å²) in [4.78, 5) is 22.0. The summed E-state index contributed by atoms with van der Waals surface area (Å²) >= 11 is 12.9. The Morgan fingerprint density at radius 1 is 1.08 bits per heavy atom. The monoisotopic (exact) mass is 549 g/mol. The van der Waals surface area contributed by atoms with Crippen molar-refractivity contribution < 1.29 is 18.9 Å². The van der Waals surface area contributed by atoms with E-state index in [2.05, 4.69) is 37.3 Å². The quantitative estimate of drug-likeness (QED) is 0.293. The number of piperidine rings is 1. The van der Waals surface area contributed by atoms with Crippen molar-refractivity contribution in [3.8, 4) is 22.7 Å². The fourth-order valence-electron chi connectivity index (χ4n) is 5.40. The summed E-state index contributed by atoms with van der Waals surface area (Å²) in [6.07, 6.45) is 9.66. The van der Waals surface area contributed by atoms with E-state index in [1.54, 1.807) is 24.5 Å². The van der Waals surface area contributed by atoms with Crippen LogP contribution >= 0.6 is 23.2 Å². The molecule has 3 aliphatic rings. The van der Waals surface area contributed by atoms with Crippen LogP contribution in [0.15, 0.2) is 51.8 Å². The summed E-state index contributed by atoms with van der Waals surface area (Å²) in [5, 5.41) is 18.6. The van der Waals surface area contributed by atoms with E-state index in [9.17, 15) is 9.90 Å². The Bertz CT molecular complexity index is 1560. The van der Waals surface area contributed by atoms with Gasteiger partial charge in [0, 0.05) is 48.1 Å². The molecule has 1 N–H and O–H groups in total. The van der Waals surface area contributed by atoms with E-state index in [-0.39, 0.29) is 5.56 Å². The van der Waals surface area contributed by atoms with Gasteiger partial charge in [-0.2, -0.15) is 4.98 Å². The SMILES string of the molecule is O=C(O)c1cccc(-c2nc(N3CC4C(C=Cc5c(-c6c(Cl)cncc6Cl)noc5C5CC5)C4C3)no2)c1. The van der Waals surface area contributed by atoms with Crippen LogP contribution in [0.5, 0.6) is 0 Å². The summed E-state index contributed by atoms with van der Waals surface area (Å²) in [7, 11) is 0. The number of rotatable bonds is 7. The number of hydrogen-bond donors (Lipinski definition) is 1. The van der Waals surface area contributed by atoms with Gasteiger partial charge in [-0.1, -0.05) is 46.6 Å². The topological polar surface area (TPSA) is 118 Å². The fraction of sp³-hybridized carbons (Fsp3) is 0.296. The van der Waals surface area contributed by atoms with Gasteiger partial charge in [0.05, 0.1) is 15.6 Å². The maximum absolute atomic E-state index is 11.3. The number of carboxylic acids is 1. The first kappa shape index (κ1) is 23.4. The summed E-state index contributed by atoms with van der Waals surface area (Å²) in [5.74, 6) is 2.51. The molecule has 4 aromatic rings. The molecular formula is C27H21Cl2N5O4. The van der Waals surface area contributed by atoms with Crippen molar-refractivity contribution in [1.82, 2.24) is 20.3 Å². The minimum absolute atomic E-state index is 0.175. The van der Waals surface area contributed by atoms with Crippen molar-refractivity contribution in [1.29, 1.82) is 0 Å². The third kappa shape index (κ3) is 4.06. The summed E-state index contributed by atoms with van der Waals surface area (Å²) < 4.78 is 11.2. The number of fused-ring (bicyclic) bond motifs is 1. The second kappa shape index (κ2) is 8.96. The lowest BCUT2D eigenvalue weighted by Gasteiger charge is -2.15. The molecule has 0 bridgehead atoms. The highest BCUT2D eigenvalue weighted by Gasteiger charge is 2.55. The van der Waals surface area contributed by atoms with Crippen molar-refractivity contribution in [2.75, 3.05) is 18.0 Å². The average Bonchev–Trinajstić information content (AvgIpc) is 3.64. The van der Waals surface area contributed by atoms with Gasteiger partial charge in [0.25, 0.3) is 11.8 Å². The Balaban J connectivity index is 1.07. The number of halogens is 2. The number of pyridine rings is 1. The highest BCUT2D eigenvalue weighted by atomic mass is 35.5. The summed E-state index contributed by atoms with van der Waals surface area (Å²) in [5.41, 5.74) is 2.99. The number of nitrogens with zero attached hydrogens (tertiary/aromatic N) is 5. The van der Waals surface area contributed by atoms with Gasteiger partial charge in [-0.05, 0) is 54.0 Å². The Labute approximate surface area is 227 Å². The number of benzene rings is 1. The second-order valence-corrected chi connectivity index (χ2v) is 10.8. The molecule has 2 unspecified atom stereocenters. The van der Waals surface area contributed by atoms with E-state index in [1.807, 2.05) is 0 Å². The largest absolute Gasteiger partial charge is 0.478 e. The maximum Gasteiger partial charge on any atom is 0.335 e. The molecule has 4 heterocycles. The Morgan fingerprint density at radius 2 is 1.84 bits per heavy atom. The molecule has 3 aromatic heterocycles. The van der Waals surface area contributed by atoms with Crippen LogP contribution < -0.4 is 4.90 Å². The molecule has 192 valence electrons. The van der Waals surface area contributed by atoms with Crippen LogP contribution in [0.25, 0.3) is 28.8 Å². The van der Waals surface area contributed by atoms with Crippen molar-refractivity contribution in [2.45, 2.75) is 18.8 Å². The highest BCUT2D eigenvalue weighted by Crippen LogP contribution is 2.54. The van der Waals surface area contributed by atoms with E-state index in [1.165, 1.54) is 12.1 Å². The van der Waals surface area contributed by atoms with Gasteiger partial charge < -0.3 is 19.1 Å². The van der Waals surface area contributed by atoms with E-state index in [0.29, 0.717) is 62.4 Å². The molecule has 0 radical (unpaired) electrons. The Kier molecular flexibility index (Phi) is 5.52. The normalized spacial score (nSPS) is 22.3. The molecule has 2 atom stereocenters. The van der Waals surface area contributed by atoms with Gasteiger partial charge in [-0.15, -0.1) is 0 Å². The fourth-order valence-corrected chi connectivity index (χ4v) is 5.95. The lowest BCUT2D eigenvalue weighted by atomic mass is 10.0. The molecule has 2 aliphatic carbocycles. The molecule has 9 nitrogen and oxygen atoms in total. The first-order valence-electron chi connectivity index (χ1n) is 12.4. The highest BCUT2D eigenvalue weighted by molar-refractivity contribution is 6.39. The average molecular weight is 550 g/mol. The van der Waals surface area contributed by atoms with E-state index >= 15 is 0 Å². The van der Waals surface area contributed by atoms with Gasteiger partial charge in [0.2, 0.25) is 0 Å². The lowest BCUT2D eigenvalue weighted by Crippen LogP contribution is -2.24. The standard InChI is InChI=1S/C27H21Cl2N5O4/c28-20-9-30-10-21(29)22(20)23-17(24(37-32-23)13-4-5-13)7-6-16-18-11-34(12-19(16)18)27-31-25(38-33-27)14-2-1-3-15(8-14)26(35)36/h1-3,6-10,13,16,18-19H,4-5,11-12H2,(H,35,36). The summed E-state index contributed by atoms with van der Waals surface area (Å²) in [6.45, 7) is 1.64. The number of carbonyl (C=O) groups is 1. The number of carboxylic acid groups (broad SMARTS) is 1. The zero-order valence-electron chi connectivity index (χ0n) is 19.9. The van der Waals surface area contributed by atoms with Gasteiger partial charge in [-0.3, -0.25) is 4.98 Å². The molecule has 3 fully saturated rings. The number of aromatic carboxylic acids is 1. The second-order valence-electron chi connectivity index (χ2n) is 10.0. The number of anilines is 1. The minimum Gasteiger partial charge on any atom is -0.478 e. The predicted octanol–water partition coefficient (Wildman–Crippen LogP) is 6.06. The van der Waals surface area contributed by atoms with Gasteiger partial charge in [0.15, 0.2) is 0 Å². The van der Waals surface area contributed by atoms with E-state index < -0.39 is 5.97 Å². The van der Waals surface area contributed by atoms with Crippen LogP contribution in [0, 0.1) is 17.8 Å². The third-order valence-corrected chi connectivity index (χ3v) is 8.17. The van der Waals surface area contributed by atoms with Crippen LogP contribution in [0.1, 0.15) is 40.4 Å². The third-order valence-electron chi connectivity index (χ3n) is 7.59. The van der Waals surface area contributed by atoms with Crippen molar-refractivity contribution >= 4 is 41.2 Å². The van der Waals surface area contributed by atoms with Gasteiger partial charge in [-0.25, -0.2) is 4.79 Å². The minimum atomic E-state index is -1.00. The predicted molar refractivity (Wildman–Crippen MR) is 140 cm³/mol. The zero-order chi connectivity index (χ0) is 26.0. The molecule has 1 saturated heterocycles. The molecule has 38 heavy (non-hydrogen) atoms. The Morgan fingerprint density at radius 3 is 2.55 bits per heavy atom. The number of allylic oxidation sites excluding steroid dienone is 1. The van der Waals surface area contributed by atoms with Crippen molar-refractivity contribution in [3.63, 3.8) is 0 Å². The lowest BCUT2D eigenvalue weighted by molar-refractivity contribution is 0.0697. The smallest absolute Gasteiger partial charge is 0.335 e. The van der Waals surface area contributed by atoms with E-state index in [0.717, 1.165) is 37.3 Å². The molecule has 11 heteroatoms. The maximum atomic E-state index is 11.3. The first-order valence-corrected chi connectivity index (χ1v) is 13.1. The van der Waals surface area contributed by atoms with Crippen molar-refractivity contribution in [2.24, 2.45) is 17.8 Å². The molecule has 1 aromatic carbocycles. The molecule has 2 saturated carbocycles. The van der Waals surface area contributed by atoms with E-state index in [4.69, 9.17) is 32.2 Å². The van der Waals surface area contributed by atoms with Crippen LogP contribution in [0.2, 0.25) is 10.0 Å². The molecule has 0 amide bonds. The number of aromatic nitrogens is 4. The molecule has 1 aliphatic heterocycles. The Hall–Kier alpha value is -3.69. The van der Waals surface area contributed by atoms with Crippen LogP contribution in [-0.2, 0) is 0 Å². The van der Waals surface area contributed by atoms with Gasteiger partial charge >= 0.3 is 5.97 Å². The number of hydrogen-bond acceptors (Lipinski definition) is 8. The van der Waals surface area contributed by atoms with Crippen LogP contribution in [-0.4, -0.2) is 44.4 Å². The van der Waals surface area contributed by atoms with Crippen LogP contribution in [0.3, 0.4) is 0 Å². The first-order chi connectivity index (χ1) is 18.5. The molecular weight excluding hydrogens is 529 g/mol. The van der Waals surface area contributed by atoms with Crippen LogP contribution in [0.4, 0.5) is 5.95 Å². The molecule has 0 spiro atoms.